The zero-order valence-corrected chi connectivity index (χ0v) is 14.0. The van der Waals surface area contributed by atoms with Gasteiger partial charge in [0.2, 0.25) is 5.91 Å². The number of likely N-dealkylation sites (N-methyl/N-ethyl adjacent to an activating group) is 2. The molecular formula is C15H27N3OS. The minimum Gasteiger partial charge on any atom is -0.353 e. The SMILES string of the molecule is CCC[C@H](C(=O)NC[C@H](c1cccs1)N(C)C)N(C)C. The molecule has 20 heavy (non-hydrogen) atoms. The van der Waals surface area contributed by atoms with Gasteiger partial charge in [-0.2, -0.15) is 0 Å². The minimum atomic E-state index is -0.0360. The van der Waals surface area contributed by atoms with Gasteiger partial charge in [-0.25, -0.2) is 0 Å². The van der Waals surface area contributed by atoms with Crippen LogP contribution in [0.15, 0.2) is 17.5 Å². The molecular weight excluding hydrogens is 270 g/mol. The van der Waals surface area contributed by atoms with E-state index in [4.69, 9.17) is 0 Å². The molecule has 5 heteroatoms. The third-order valence-corrected chi connectivity index (χ3v) is 4.43. The van der Waals surface area contributed by atoms with Crippen LogP contribution >= 0.6 is 11.3 Å². The fraction of sp³-hybridized carbons (Fsp3) is 0.667. The molecule has 0 fully saturated rings. The fourth-order valence-electron chi connectivity index (χ4n) is 2.23. The number of nitrogens with one attached hydrogen (secondary N) is 1. The molecule has 114 valence electrons. The average Bonchev–Trinajstić information content (AvgIpc) is 2.88. The van der Waals surface area contributed by atoms with Gasteiger partial charge in [0.1, 0.15) is 0 Å². The quantitative estimate of drug-likeness (QED) is 0.799. The van der Waals surface area contributed by atoms with E-state index in [-0.39, 0.29) is 18.0 Å². The van der Waals surface area contributed by atoms with Gasteiger partial charge in [-0.1, -0.05) is 19.4 Å². The second-order valence-corrected chi connectivity index (χ2v) is 6.49. The number of nitrogens with zero attached hydrogens (tertiary/aromatic N) is 2. The van der Waals surface area contributed by atoms with Gasteiger partial charge < -0.3 is 10.2 Å². The van der Waals surface area contributed by atoms with Crippen LogP contribution in [-0.2, 0) is 4.79 Å². The summed E-state index contributed by atoms with van der Waals surface area (Å²) in [5.41, 5.74) is 0. The summed E-state index contributed by atoms with van der Waals surface area (Å²) in [5, 5.41) is 5.18. The number of carbonyl (C=O) groups excluding carboxylic acids is 1. The van der Waals surface area contributed by atoms with Gasteiger partial charge in [-0.05, 0) is 46.1 Å². The van der Waals surface area contributed by atoms with E-state index < -0.39 is 0 Å². The van der Waals surface area contributed by atoms with E-state index in [2.05, 4.69) is 34.7 Å². The number of carbonyl (C=O) groups is 1. The van der Waals surface area contributed by atoms with Gasteiger partial charge in [-0.15, -0.1) is 11.3 Å². The Kier molecular flexibility index (Phi) is 7.19. The monoisotopic (exact) mass is 297 g/mol. The summed E-state index contributed by atoms with van der Waals surface area (Å²) in [4.78, 5) is 17.7. The van der Waals surface area contributed by atoms with E-state index >= 15 is 0 Å². The third kappa shape index (κ3) is 4.89. The third-order valence-electron chi connectivity index (χ3n) is 3.45. The van der Waals surface area contributed by atoms with E-state index in [9.17, 15) is 4.79 Å². The highest BCUT2D eigenvalue weighted by Gasteiger charge is 2.22. The summed E-state index contributed by atoms with van der Waals surface area (Å²) in [5.74, 6) is 0.125. The van der Waals surface area contributed by atoms with Crippen molar-refractivity contribution < 1.29 is 4.79 Å². The first-order valence-electron chi connectivity index (χ1n) is 7.11. The van der Waals surface area contributed by atoms with E-state index in [1.54, 1.807) is 11.3 Å². The highest BCUT2D eigenvalue weighted by Crippen LogP contribution is 2.22. The summed E-state index contributed by atoms with van der Waals surface area (Å²) in [6.07, 6.45) is 1.91. The standard InChI is InChI=1S/C15H27N3OS/c1-6-8-12(17(2)3)15(19)16-11-13(18(4)5)14-9-7-10-20-14/h7,9-10,12-13H,6,8,11H2,1-5H3,(H,16,19)/t12-,13-/m1/s1. The highest BCUT2D eigenvalue weighted by atomic mass is 32.1. The highest BCUT2D eigenvalue weighted by molar-refractivity contribution is 7.10. The lowest BCUT2D eigenvalue weighted by molar-refractivity contribution is -0.126. The molecule has 0 aliphatic carbocycles. The smallest absolute Gasteiger partial charge is 0.237 e. The van der Waals surface area contributed by atoms with Crippen LogP contribution in [0.2, 0.25) is 0 Å². The summed E-state index contributed by atoms with van der Waals surface area (Å²) in [6.45, 7) is 2.76. The van der Waals surface area contributed by atoms with Crippen LogP contribution in [0.1, 0.15) is 30.7 Å². The zero-order valence-electron chi connectivity index (χ0n) is 13.2. The predicted molar refractivity (Wildman–Crippen MR) is 86.1 cm³/mol. The van der Waals surface area contributed by atoms with Crippen LogP contribution in [0.4, 0.5) is 0 Å². The first kappa shape index (κ1) is 17.1. The number of hydrogen-bond donors (Lipinski definition) is 1. The summed E-state index contributed by atoms with van der Waals surface area (Å²) < 4.78 is 0. The Morgan fingerprint density at radius 1 is 1.30 bits per heavy atom. The molecule has 1 aromatic heterocycles. The lowest BCUT2D eigenvalue weighted by atomic mass is 10.1. The normalized spacial score (nSPS) is 14.6. The van der Waals surface area contributed by atoms with Gasteiger partial charge in [-0.3, -0.25) is 9.69 Å². The Bertz CT molecular complexity index is 390. The van der Waals surface area contributed by atoms with Crippen molar-refractivity contribution in [3.05, 3.63) is 22.4 Å². The predicted octanol–water partition coefficient (Wildman–Crippen LogP) is 2.20. The van der Waals surface area contributed by atoms with Crippen molar-refractivity contribution in [2.24, 2.45) is 0 Å². The van der Waals surface area contributed by atoms with Crippen LogP contribution in [0.25, 0.3) is 0 Å². The van der Waals surface area contributed by atoms with Crippen molar-refractivity contribution >= 4 is 17.2 Å². The Morgan fingerprint density at radius 2 is 2.00 bits per heavy atom. The molecule has 1 amide bonds. The van der Waals surface area contributed by atoms with Gasteiger partial charge in [0.15, 0.2) is 0 Å². The van der Waals surface area contributed by atoms with Crippen molar-refractivity contribution in [1.82, 2.24) is 15.1 Å². The topological polar surface area (TPSA) is 35.6 Å². The molecule has 1 aromatic rings. The molecule has 0 aromatic carbocycles. The first-order chi connectivity index (χ1) is 9.47. The Morgan fingerprint density at radius 3 is 2.45 bits per heavy atom. The molecule has 1 heterocycles. The number of thiophene rings is 1. The van der Waals surface area contributed by atoms with Crippen LogP contribution < -0.4 is 5.32 Å². The molecule has 2 atom stereocenters. The van der Waals surface area contributed by atoms with E-state index in [1.165, 1.54) is 4.88 Å². The molecule has 0 aliphatic rings. The largest absolute Gasteiger partial charge is 0.353 e. The maximum absolute atomic E-state index is 12.3. The van der Waals surface area contributed by atoms with Crippen LogP contribution in [0.5, 0.6) is 0 Å². The Balaban J connectivity index is 2.61. The lowest BCUT2D eigenvalue weighted by Gasteiger charge is -2.27. The lowest BCUT2D eigenvalue weighted by Crippen LogP contribution is -2.45. The maximum Gasteiger partial charge on any atom is 0.237 e. The van der Waals surface area contributed by atoms with E-state index in [0.29, 0.717) is 6.54 Å². The molecule has 4 nitrogen and oxygen atoms in total. The van der Waals surface area contributed by atoms with Crippen LogP contribution in [-0.4, -0.2) is 56.5 Å². The van der Waals surface area contributed by atoms with Crippen LogP contribution in [0.3, 0.4) is 0 Å². The molecule has 0 spiro atoms. The van der Waals surface area contributed by atoms with Crippen molar-refractivity contribution in [3.63, 3.8) is 0 Å². The Labute approximate surface area is 126 Å². The van der Waals surface area contributed by atoms with Gasteiger partial charge in [0.05, 0.1) is 12.1 Å². The van der Waals surface area contributed by atoms with E-state index in [0.717, 1.165) is 12.8 Å². The fourth-order valence-corrected chi connectivity index (χ4v) is 3.15. The number of amides is 1. The van der Waals surface area contributed by atoms with Crippen molar-refractivity contribution in [1.29, 1.82) is 0 Å². The van der Waals surface area contributed by atoms with Crippen LogP contribution in [0, 0.1) is 0 Å². The second-order valence-electron chi connectivity index (χ2n) is 5.51. The second kappa shape index (κ2) is 8.39. The van der Waals surface area contributed by atoms with E-state index in [1.807, 2.05) is 33.1 Å². The molecule has 0 saturated heterocycles. The molecule has 0 radical (unpaired) electrons. The number of hydrogen-bond acceptors (Lipinski definition) is 4. The Hall–Kier alpha value is -0.910. The summed E-state index contributed by atoms with van der Waals surface area (Å²) in [7, 11) is 8.02. The molecule has 1 rings (SSSR count). The number of rotatable bonds is 8. The van der Waals surface area contributed by atoms with Crippen molar-refractivity contribution in [2.75, 3.05) is 34.7 Å². The summed E-state index contributed by atoms with van der Waals surface area (Å²) >= 11 is 1.73. The molecule has 0 unspecified atom stereocenters. The molecule has 0 aliphatic heterocycles. The molecule has 1 N–H and O–H groups in total. The average molecular weight is 297 g/mol. The van der Waals surface area contributed by atoms with Crippen molar-refractivity contribution in [2.45, 2.75) is 31.8 Å². The van der Waals surface area contributed by atoms with Gasteiger partial charge in [0, 0.05) is 11.4 Å². The van der Waals surface area contributed by atoms with Crippen molar-refractivity contribution in [3.8, 4) is 0 Å². The molecule has 0 bridgehead atoms. The first-order valence-corrected chi connectivity index (χ1v) is 7.99. The minimum absolute atomic E-state index is 0.0360. The molecule has 0 saturated carbocycles. The zero-order chi connectivity index (χ0) is 15.1. The summed E-state index contributed by atoms with van der Waals surface area (Å²) in [6, 6.07) is 4.38. The van der Waals surface area contributed by atoms with Gasteiger partial charge >= 0.3 is 0 Å². The maximum atomic E-state index is 12.3. The van der Waals surface area contributed by atoms with Gasteiger partial charge in [0.25, 0.3) is 0 Å².